The fourth-order valence-electron chi connectivity index (χ4n) is 1.52. The van der Waals surface area contributed by atoms with E-state index in [0.717, 1.165) is 10.4 Å². The Bertz CT molecular complexity index is 523. The molecule has 0 saturated heterocycles. The average molecular weight is 231 g/mol. The number of hydrogen-bond donors (Lipinski definition) is 1. The third-order valence-corrected chi connectivity index (χ3v) is 3.75. The number of ketones is 1. The monoisotopic (exact) mass is 231 g/mol. The van der Waals surface area contributed by atoms with E-state index in [4.69, 9.17) is 5.73 Å². The largest absolute Gasteiger partial charge is 0.398 e. The molecule has 2 N–H and O–H groups in total. The molecule has 0 aliphatic rings. The number of thiophene rings is 1. The van der Waals surface area contributed by atoms with Crippen LogP contribution in [0.4, 0.5) is 5.69 Å². The van der Waals surface area contributed by atoms with Gasteiger partial charge in [0.15, 0.2) is 0 Å². The molecule has 0 bridgehead atoms. The minimum absolute atomic E-state index is 0.0132. The van der Waals surface area contributed by atoms with Crippen LogP contribution in [0.3, 0.4) is 0 Å². The second-order valence-electron chi connectivity index (χ2n) is 3.77. The van der Waals surface area contributed by atoms with E-state index in [2.05, 4.69) is 0 Å². The maximum absolute atomic E-state index is 12.2. The molecule has 0 unspecified atom stereocenters. The molecule has 2 rings (SSSR count). The number of nitrogen functional groups attached to an aromatic ring is 1. The third kappa shape index (κ3) is 1.86. The average Bonchev–Trinajstić information content (AvgIpc) is 2.59. The predicted octanol–water partition coefficient (Wildman–Crippen LogP) is 3.18. The minimum atomic E-state index is 0.0132. The molecule has 0 radical (unpaired) electrons. The van der Waals surface area contributed by atoms with Crippen LogP contribution in [0.2, 0.25) is 0 Å². The van der Waals surface area contributed by atoms with E-state index >= 15 is 0 Å². The topological polar surface area (TPSA) is 43.1 Å². The van der Waals surface area contributed by atoms with Crippen LogP contribution in [0.15, 0.2) is 30.3 Å². The molecule has 0 aliphatic heterocycles. The number of carbonyl (C=O) groups is 1. The number of anilines is 1. The second kappa shape index (κ2) is 4.10. The van der Waals surface area contributed by atoms with Gasteiger partial charge in [0.2, 0.25) is 5.78 Å². The summed E-state index contributed by atoms with van der Waals surface area (Å²) in [6.45, 7) is 4.03. The van der Waals surface area contributed by atoms with E-state index in [1.54, 1.807) is 12.1 Å². The van der Waals surface area contributed by atoms with Gasteiger partial charge < -0.3 is 5.73 Å². The van der Waals surface area contributed by atoms with Gasteiger partial charge in [-0.3, -0.25) is 4.79 Å². The van der Waals surface area contributed by atoms with Crippen LogP contribution in [0.25, 0.3) is 0 Å². The molecule has 2 nitrogen and oxygen atoms in total. The lowest BCUT2D eigenvalue weighted by Crippen LogP contribution is -2.02. The Morgan fingerprint density at radius 3 is 2.50 bits per heavy atom. The SMILES string of the molecule is Cc1cc(C(=O)c2ccccc2N)sc1C. The minimum Gasteiger partial charge on any atom is -0.398 e. The van der Waals surface area contributed by atoms with Gasteiger partial charge >= 0.3 is 0 Å². The van der Waals surface area contributed by atoms with Gasteiger partial charge in [0.05, 0.1) is 4.88 Å². The van der Waals surface area contributed by atoms with Crippen molar-refractivity contribution < 1.29 is 4.79 Å². The van der Waals surface area contributed by atoms with Crippen molar-refractivity contribution >= 4 is 22.8 Å². The highest BCUT2D eigenvalue weighted by Crippen LogP contribution is 2.25. The highest BCUT2D eigenvalue weighted by atomic mass is 32.1. The Morgan fingerprint density at radius 2 is 1.94 bits per heavy atom. The summed E-state index contributed by atoms with van der Waals surface area (Å²) >= 11 is 1.52. The van der Waals surface area contributed by atoms with E-state index in [-0.39, 0.29) is 5.78 Å². The smallest absolute Gasteiger partial charge is 0.205 e. The third-order valence-electron chi connectivity index (χ3n) is 2.60. The summed E-state index contributed by atoms with van der Waals surface area (Å²) in [5, 5.41) is 0. The molecule has 2 aromatic rings. The van der Waals surface area contributed by atoms with Gasteiger partial charge in [-0.2, -0.15) is 0 Å². The Balaban J connectivity index is 2.43. The number of nitrogens with two attached hydrogens (primary N) is 1. The van der Waals surface area contributed by atoms with Crippen molar-refractivity contribution in [3.05, 3.63) is 51.2 Å². The van der Waals surface area contributed by atoms with Crippen LogP contribution in [0, 0.1) is 13.8 Å². The fraction of sp³-hybridized carbons (Fsp3) is 0.154. The first-order valence-electron chi connectivity index (χ1n) is 5.06. The van der Waals surface area contributed by atoms with Crippen LogP contribution in [0.1, 0.15) is 25.7 Å². The first-order valence-corrected chi connectivity index (χ1v) is 5.87. The standard InChI is InChI=1S/C13H13NOS/c1-8-7-12(16-9(8)2)13(15)10-5-3-4-6-11(10)14/h3-7H,14H2,1-2H3. The van der Waals surface area contributed by atoms with E-state index in [1.165, 1.54) is 16.2 Å². The molecule has 1 heterocycles. The van der Waals surface area contributed by atoms with Crippen molar-refractivity contribution in [1.29, 1.82) is 0 Å². The predicted molar refractivity (Wildman–Crippen MR) is 68.1 cm³/mol. The molecule has 0 spiro atoms. The number of carbonyl (C=O) groups excluding carboxylic acids is 1. The second-order valence-corrected chi connectivity index (χ2v) is 5.02. The number of hydrogen-bond acceptors (Lipinski definition) is 3. The first-order chi connectivity index (χ1) is 7.59. The zero-order valence-electron chi connectivity index (χ0n) is 9.28. The Hall–Kier alpha value is -1.61. The van der Waals surface area contributed by atoms with Gasteiger partial charge in [-0.25, -0.2) is 0 Å². The lowest BCUT2D eigenvalue weighted by atomic mass is 10.1. The highest BCUT2D eigenvalue weighted by molar-refractivity contribution is 7.14. The summed E-state index contributed by atoms with van der Waals surface area (Å²) in [4.78, 5) is 14.1. The van der Waals surface area contributed by atoms with E-state index < -0.39 is 0 Å². The normalized spacial score (nSPS) is 10.4. The molecule has 0 atom stereocenters. The number of rotatable bonds is 2. The maximum atomic E-state index is 12.2. The van der Waals surface area contributed by atoms with E-state index in [9.17, 15) is 4.79 Å². The Labute approximate surface area is 98.7 Å². The Morgan fingerprint density at radius 1 is 1.25 bits per heavy atom. The van der Waals surface area contributed by atoms with Crippen molar-refractivity contribution in [3.8, 4) is 0 Å². The van der Waals surface area contributed by atoms with Crippen LogP contribution < -0.4 is 5.73 Å². The maximum Gasteiger partial charge on any atom is 0.205 e. The molecule has 0 saturated carbocycles. The quantitative estimate of drug-likeness (QED) is 0.637. The van der Waals surface area contributed by atoms with Gasteiger partial charge in [0, 0.05) is 16.1 Å². The molecule has 0 fully saturated rings. The molecule has 0 amide bonds. The van der Waals surface area contributed by atoms with E-state index in [0.29, 0.717) is 11.3 Å². The van der Waals surface area contributed by atoms with Crippen molar-refractivity contribution in [2.24, 2.45) is 0 Å². The lowest BCUT2D eigenvalue weighted by Gasteiger charge is -2.01. The highest BCUT2D eigenvalue weighted by Gasteiger charge is 2.14. The molecular weight excluding hydrogens is 218 g/mol. The summed E-state index contributed by atoms with van der Waals surface area (Å²) < 4.78 is 0. The van der Waals surface area contributed by atoms with Crippen LogP contribution in [-0.4, -0.2) is 5.78 Å². The summed E-state index contributed by atoms with van der Waals surface area (Å²) in [7, 11) is 0. The molecular formula is C13H13NOS. The van der Waals surface area contributed by atoms with Gasteiger partial charge in [-0.05, 0) is 37.6 Å². The zero-order chi connectivity index (χ0) is 11.7. The number of para-hydroxylation sites is 1. The van der Waals surface area contributed by atoms with Crippen LogP contribution >= 0.6 is 11.3 Å². The fourth-order valence-corrected chi connectivity index (χ4v) is 2.51. The number of aryl methyl sites for hydroxylation is 2. The summed E-state index contributed by atoms with van der Waals surface area (Å²) in [5.74, 6) is 0.0132. The van der Waals surface area contributed by atoms with Gasteiger partial charge in [0.1, 0.15) is 0 Å². The number of benzene rings is 1. The van der Waals surface area contributed by atoms with Gasteiger partial charge in [-0.1, -0.05) is 12.1 Å². The lowest BCUT2D eigenvalue weighted by molar-refractivity contribution is 0.104. The van der Waals surface area contributed by atoms with Crippen molar-refractivity contribution in [1.82, 2.24) is 0 Å². The van der Waals surface area contributed by atoms with Crippen molar-refractivity contribution in [3.63, 3.8) is 0 Å². The molecule has 16 heavy (non-hydrogen) atoms. The Kier molecular flexibility index (Phi) is 2.79. The first kappa shape index (κ1) is 10.9. The van der Waals surface area contributed by atoms with Gasteiger partial charge in [0.25, 0.3) is 0 Å². The van der Waals surface area contributed by atoms with Gasteiger partial charge in [-0.15, -0.1) is 11.3 Å². The summed E-state index contributed by atoms with van der Waals surface area (Å²) in [6, 6.07) is 9.10. The zero-order valence-corrected chi connectivity index (χ0v) is 10.1. The summed E-state index contributed by atoms with van der Waals surface area (Å²) in [6.07, 6.45) is 0. The summed E-state index contributed by atoms with van der Waals surface area (Å²) in [5.41, 5.74) is 8.07. The van der Waals surface area contributed by atoms with Crippen LogP contribution in [-0.2, 0) is 0 Å². The van der Waals surface area contributed by atoms with Crippen molar-refractivity contribution in [2.75, 3.05) is 5.73 Å². The van der Waals surface area contributed by atoms with Crippen LogP contribution in [0.5, 0.6) is 0 Å². The molecule has 1 aromatic heterocycles. The molecule has 82 valence electrons. The van der Waals surface area contributed by atoms with Crippen molar-refractivity contribution in [2.45, 2.75) is 13.8 Å². The molecule has 0 aliphatic carbocycles. The van der Waals surface area contributed by atoms with E-state index in [1.807, 2.05) is 32.0 Å². The molecule has 3 heteroatoms. The molecule has 1 aromatic carbocycles.